The predicted octanol–water partition coefficient (Wildman–Crippen LogP) is 3.96. The van der Waals surface area contributed by atoms with Gasteiger partial charge in [-0.15, -0.1) is 11.3 Å². The fourth-order valence-corrected chi connectivity index (χ4v) is 2.93. The summed E-state index contributed by atoms with van der Waals surface area (Å²) in [5.74, 6) is -1.72. The Morgan fingerprint density at radius 3 is 2.83 bits per heavy atom. The van der Waals surface area contributed by atoms with Crippen molar-refractivity contribution in [3.05, 3.63) is 50.4 Å². The number of hydrogen-bond acceptors (Lipinski definition) is 3. The molecule has 94 valence electrons. The first-order chi connectivity index (χ1) is 8.59. The number of benzene rings is 1. The highest BCUT2D eigenvalue weighted by Crippen LogP contribution is 2.26. The van der Waals surface area contributed by atoms with E-state index < -0.39 is 11.8 Å². The Labute approximate surface area is 115 Å². The average molecular weight is 330 g/mol. The Morgan fingerprint density at radius 2 is 2.22 bits per heavy atom. The summed E-state index contributed by atoms with van der Waals surface area (Å²) in [4.78, 5) is 12.0. The van der Waals surface area contributed by atoms with Gasteiger partial charge in [0, 0.05) is 9.35 Å². The number of rotatable bonds is 4. The molecule has 2 rings (SSSR count). The molecule has 2 N–H and O–H groups in total. The number of para-hydroxylation sites is 1. The lowest BCUT2D eigenvalue weighted by Gasteiger charge is -2.09. The molecular weight excluding hydrogens is 321 g/mol. The molecule has 0 spiro atoms. The fourth-order valence-electron chi connectivity index (χ4n) is 1.50. The lowest BCUT2D eigenvalue weighted by Crippen LogP contribution is -2.07. The molecule has 18 heavy (non-hydrogen) atoms. The largest absolute Gasteiger partial charge is 0.478 e. The van der Waals surface area contributed by atoms with Crippen LogP contribution in [0.3, 0.4) is 0 Å². The molecule has 0 saturated heterocycles. The molecule has 2 aromatic rings. The second kappa shape index (κ2) is 5.49. The summed E-state index contributed by atoms with van der Waals surface area (Å²) in [6, 6.07) is 5.88. The van der Waals surface area contributed by atoms with Crippen LogP contribution in [0.1, 0.15) is 15.2 Å². The predicted molar refractivity (Wildman–Crippen MR) is 72.7 cm³/mol. The molecule has 3 nitrogen and oxygen atoms in total. The first-order valence-corrected chi connectivity index (χ1v) is 6.74. The van der Waals surface area contributed by atoms with Gasteiger partial charge in [-0.2, -0.15) is 0 Å². The van der Waals surface area contributed by atoms with E-state index in [2.05, 4.69) is 21.2 Å². The third kappa shape index (κ3) is 2.70. The summed E-state index contributed by atoms with van der Waals surface area (Å²) in [6.45, 7) is 0.374. The van der Waals surface area contributed by atoms with E-state index in [0.717, 1.165) is 9.35 Å². The summed E-state index contributed by atoms with van der Waals surface area (Å²) in [7, 11) is 0. The van der Waals surface area contributed by atoms with Crippen LogP contribution in [0.2, 0.25) is 0 Å². The van der Waals surface area contributed by atoms with Gasteiger partial charge in [0.15, 0.2) is 0 Å². The molecule has 0 amide bonds. The average Bonchev–Trinajstić information content (AvgIpc) is 2.73. The van der Waals surface area contributed by atoms with Crippen LogP contribution < -0.4 is 5.32 Å². The van der Waals surface area contributed by atoms with Crippen molar-refractivity contribution in [2.75, 3.05) is 5.32 Å². The molecule has 0 aliphatic heterocycles. The molecule has 0 saturated carbocycles. The number of anilines is 1. The first kappa shape index (κ1) is 13.0. The molecular formula is C12H9BrFNO2S. The van der Waals surface area contributed by atoms with E-state index in [1.165, 1.54) is 29.5 Å². The van der Waals surface area contributed by atoms with Gasteiger partial charge in [-0.25, -0.2) is 9.18 Å². The minimum atomic E-state index is -1.15. The number of nitrogens with one attached hydrogen (secondary N) is 1. The highest BCUT2D eigenvalue weighted by Gasteiger charge is 2.14. The zero-order chi connectivity index (χ0) is 13.1. The maximum absolute atomic E-state index is 13.6. The van der Waals surface area contributed by atoms with Crippen molar-refractivity contribution >= 4 is 38.9 Å². The highest BCUT2D eigenvalue weighted by molar-refractivity contribution is 9.10. The van der Waals surface area contributed by atoms with E-state index in [1.54, 1.807) is 0 Å². The topological polar surface area (TPSA) is 49.3 Å². The number of halogens is 2. The van der Waals surface area contributed by atoms with Crippen molar-refractivity contribution in [3.8, 4) is 0 Å². The van der Waals surface area contributed by atoms with E-state index in [1.807, 2.05) is 11.4 Å². The molecule has 0 bridgehead atoms. The molecule has 0 atom stereocenters. The van der Waals surface area contributed by atoms with E-state index in [-0.39, 0.29) is 11.3 Å². The maximum atomic E-state index is 13.6. The number of carboxylic acids is 1. The molecule has 6 heteroatoms. The van der Waals surface area contributed by atoms with E-state index >= 15 is 0 Å². The third-order valence-electron chi connectivity index (χ3n) is 2.36. The fraction of sp³-hybridized carbons (Fsp3) is 0.0833. The molecule has 0 aliphatic carbocycles. The van der Waals surface area contributed by atoms with E-state index in [4.69, 9.17) is 5.11 Å². The van der Waals surface area contributed by atoms with Crippen LogP contribution in [0.5, 0.6) is 0 Å². The molecule has 0 unspecified atom stereocenters. The van der Waals surface area contributed by atoms with Gasteiger partial charge >= 0.3 is 5.97 Å². The quantitative estimate of drug-likeness (QED) is 0.892. The van der Waals surface area contributed by atoms with Gasteiger partial charge in [-0.3, -0.25) is 0 Å². The molecule has 1 heterocycles. The first-order valence-electron chi connectivity index (χ1n) is 5.07. The Kier molecular flexibility index (Phi) is 3.98. The summed E-state index contributed by atoms with van der Waals surface area (Å²) in [6.07, 6.45) is 0. The molecule has 1 aromatic carbocycles. The molecule has 0 fully saturated rings. The van der Waals surface area contributed by atoms with E-state index in [9.17, 15) is 9.18 Å². The number of hydrogen-bond donors (Lipinski definition) is 2. The lowest BCUT2D eigenvalue weighted by atomic mass is 10.1. The van der Waals surface area contributed by atoms with Gasteiger partial charge in [0.1, 0.15) is 5.82 Å². The molecule has 0 aliphatic rings. The van der Waals surface area contributed by atoms with Gasteiger partial charge < -0.3 is 10.4 Å². The standard InChI is InChI=1S/C12H9BrFNO2S/c13-8-4-5-18-10(8)6-15-11-7(12(16)17)2-1-3-9(11)14/h1-5,15H,6H2,(H,16,17). The maximum Gasteiger partial charge on any atom is 0.337 e. The van der Waals surface area contributed by atoms with Crippen LogP contribution in [-0.2, 0) is 6.54 Å². The Hall–Kier alpha value is -1.40. The van der Waals surface area contributed by atoms with Crippen molar-refractivity contribution in [2.45, 2.75) is 6.54 Å². The van der Waals surface area contributed by atoms with Crippen molar-refractivity contribution in [1.82, 2.24) is 0 Å². The van der Waals surface area contributed by atoms with Gasteiger partial charge in [0.2, 0.25) is 0 Å². The molecule has 0 radical (unpaired) electrons. The Bertz CT molecular complexity index is 585. The number of thiophene rings is 1. The van der Waals surface area contributed by atoms with Crippen LogP contribution in [0.25, 0.3) is 0 Å². The van der Waals surface area contributed by atoms with Gasteiger partial charge in [-0.1, -0.05) is 6.07 Å². The minimum Gasteiger partial charge on any atom is -0.478 e. The second-order valence-corrected chi connectivity index (χ2v) is 5.37. The molecule has 1 aromatic heterocycles. The third-order valence-corrected chi connectivity index (χ3v) is 4.29. The Balaban J connectivity index is 2.24. The van der Waals surface area contributed by atoms with Gasteiger partial charge in [-0.05, 0) is 39.5 Å². The van der Waals surface area contributed by atoms with Crippen molar-refractivity contribution < 1.29 is 14.3 Å². The highest BCUT2D eigenvalue weighted by atomic mass is 79.9. The second-order valence-electron chi connectivity index (χ2n) is 3.51. The van der Waals surface area contributed by atoms with Gasteiger partial charge in [0.25, 0.3) is 0 Å². The monoisotopic (exact) mass is 329 g/mol. The van der Waals surface area contributed by atoms with Crippen LogP contribution >= 0.6 is 27.3 Å². The number of carbonyl (C=O) groups is 1. The lowest BCUT2D eigenvalue weighted by molar-refractivity contribution is 0.0697. The van der Waals surface area contributed by atoms with Crippen molar-refractivity contribution in [3.63, 3.8) is 0 Å². The normalized spacial score (nSPS) is 10.3. The summed E-state index contributed by atoms with van der Waals surface area (Å²) < 4.78 is 14.5. The van der Waals surface area contributed by atoms with Crippen LogP contribution in [0, 0.1) is 5.82 Å². The van der Waals surface area contributed by atoms with E-state index in [0.29, 0.717) is 6.54 Å². The summed E-state index contributed by atoms with van der Waals surface area (Å²) in [5.41, 5.74) is -0.0482. The van der Waals surface area contributed by atoms with Crippen LogP contribution in [0.15, 0.2) is 34.1 Å². The van der Waals surface area contributed by atoms with Crippen LogP contribution in [0.4, 0.5) is 10.1 Å². The number of aromatic carboxylic acids is 1. The van der Waals surface area contributed by atoms with Crippen molar-refractivity contribution in [2.24, 2.45) is 0 Å². The Morgan fingerprint density at radius 1 is 1.44 bits per heavy atom. The van der Waals surface area contributed by atoms with Gasteiger partial charge in [0.05, 0.1) is 17.8 Å². The summed E-state index contributed by atoms with van der Waals surface area (Å²) in [5, 5.41) is 13.7. The SMILES string of the molecule is O=C(O)c1cccc(F)c1NCc1sccc1Br. The summed E-state index contributed by atoms with van der Waals surface area (Å²) >= 11 is 4.88. The number of carboxylic acid groups (broad SMARTS) is 1. The minimum absolute atomic E-state index is 0.0188. The smallest absolute Gasteiger partial charge is 0.337 e. The van der Waals surface area contributed by atoms with Crippen LogP contribution in [-0.4, -0.2) is 11.1 Å². The zero-order valence-electron chi connectivity index (χ0n) is 9.11. The zero-order valence-corrected chi connectivity index (χ0v) is 11.5. The van der Waals surface area contributed by atoms with Crippen molar-refractivity contribution in [1.29, 1.82) is 0 Å².